The number of carbonyl (C=O) groups excluding carboxylic acids is 2. The molecule has 1 aliphatic rings. The Labute approximate surface area is 209 Å². The first-order valence-electron chi connectivity index (χ1n) is 13.1. The summed E-state index contributed by atoms with van der Waals surface area (Å²) in [6.45, 7) is 8.64. The Morgan fingerprint density at radius 2 is 1.83 bits per heavy atom. The van der Waals surface area contributed by atoms with Crippen LogP contribution in [0.1, 0.15) is 65.1 Å². The number of anilines is 1. The van der Waals surface area contributed by atoms with Crippen LogP contribution in [-0.4, -0.2) is 64.3 Å². The molecule has 2 aromatic rings. The molecule has 0 aliphatic heterocycles. The molecule has 0 saturated heterocycles. The summed E-state index contributed by atoms with van der Waals surface area (Å²) in [6, 6.07) is 7.25. The molecule has 1 atom stereocenters. The van der Waals surface area contributed by atoms with Crippen LogP contribution in [-0.2, 0) is 16.1 Å². The lowest BCUT2D eigenvalue weighted by atomic mass is 9.86. The molecule has 1 saturated carbocycles. The number of hydrogen-bond acceptors (Lipinski definition) is 6. The molecule has 0 radical (unpaired) electrons. The molecule has 0 spiro atoms. The average Bonchev–Trinajstić information content (AvgIpc) is 2.83. The summed E-state index contributed by atoms with van der Waals surface area (Å²) < 4.78 is 0. The Balaban J connectivity index is 1.65. The van der Waals surface area contributed by atoms with Crippen molar-refractivity contribution in [3.05, 3.63) is 30.1 Å². The quantitative estimate of drug-likeness (QED) is 0.477. The van der Waals surface area contributed by atoms with Crippen LogP contribution in [0.5, 0.6) is 0 Å². The van der Waals surface area contributed by atoms with Crippen LogP contribution < -0.4 is 11.1 Å². The molecule has 1 aromatic heterocycles. The second-order valence-corrected chi connectivity index (χ2v) is 10.2. The Kier molecular flexibility index (Phi) is 9.83. The zero-order chi connectivity index (χ0) is 25.4. The number of rotatable bonds is 12. The van der Waals surface area contributed by atoms with Gasteiger partial charge in [0.25, 0.3) is 0 Å². The number of nitrogens with two attached hydrogens (primary N) is 1. The molecule has 0 bridgehead atoms. The summed E-state index contributed by atoms with van der Waals surface area (Å²) >= 11 is 0. The molecule has 1 aliphatic carbocycles. The standard InChI is InChI=1S/C27H42N6O2/c1-5-33(24(34)17-20-11-7-6-8-12-20)16-15-32(4)18-23-29-22-14-10-9-13-21(22)27(30-23)31-25(19(2)3)26(28)35/h9-10,13-14,19-20,25H,5-8,11-12,15-18H2,1-4H3,(H2,28,35)(H,29,30,31)/t25-/m0/s1. The highest BCUT2D eigenvalue weighted by atomic mass is 16.2. The van der Waals surface area contributed by atoms with E-state index < -0.39 is 11.9 Å². The van der Waals surface area contributed by atoms with Gasteiger partial charge in [0.05, 0.1) is 12.1 Å². The molecule has 8 heteroatoms. The third-order valence-corrected chi connectivity index (χ3v) is 7.00. The van der Waals surface area contributed by atoms with Crippen molar-refractivity contribution < 1.29 is 9.59 Å². The first-order valence-corrected chi connectivity index (χ1v) is 13.1. The lowest BCUT2D eigenvalue weighted by Crippen LogP contribution is -2.40. The molecule has 35 heavy (non-hydrogen) atoms. The maximum atomic E-state index is 12.9. The van der Waals surface area contributed by atoms with Crippen molar-refractivity contribution in [1.82, 2.24) is 19.8 Å². The number of para-hydroxylation sites is 1. The minimum atomic E-state index is -0.521. The molecule has 2 amide bonds. The van der Waals surface area contributed by atoms with Crippen molar-refractivity contribution in [2.45, 2.75) is 71.9 Å². The fourth-order valence-electron chi connectivity index (χ4n) is 4.86. The fourth-order valence-corrected chi connectivity index (χ4v) is 4.86. The molecule has 8 nitrogen and oxygen atoms in total. The molecular formula is C27H42N6O2. The highest BCUT2D eigenvalue weighted by Gasteiger charge is 2.22. The van der Waals surface area contributed by atoms with E-state index in [1.807, 2.05) is 57.0 Å². The van der Waals surface area contributed by atoms with E-state index in [1.165, 1.54) is 32.1 Å². The van der Waals surface area contributed by atoms with Gasteiger partial charge >= 0.3 is 0 Å². The van der Waals surface area contributed by atoms with Gasteiger partial charge in [-0.3, -0.25) is 14.5 Å². The number of amides is 2. The maximum absolute atomic E-state index is 12.9. The molecule has 1 heterocycles. The Hall–Kier alpha value is -2.74. The molecule has 1 fully saturated rings. The van der Waals surface area contributed by atoms with Crippen molar-refractivity contribution in [3.63, 3.8) is 0 Å². The zero-order valence-electron chi connectivity index (χ0n) is 21.8. The molecule has 3 N–H and O–H groups in total. The van der Waals surface area contributed by atoms with Gasteiger partial charge in [-0.15, -0.1) is 0 Å². The van der Waals surface area contributed by atoms with Crippen LogP contribution >= 0.6 is 0 Å². The molecule has 3 rings (SSSR count). The summed E-state index contributed by atoms with van der Waals surface area (Å²) in [5.74, 6) is 1.73. The topological polar surface area (TPSA) is 104 Å². The first-order chi connectivity index (χ1) is 16.8. The zero-order valence-corrected chi connectivity index (χ0v) is 21.8. The van der Waals surface area contributed by atoms with Crippen LogP contribution in [0, 0.1) is 11.8 Å². The highest BCUT2D eigenvalue weighted by Crippen LogP contribution is 2.27. The normalized spacial score (nSPS) is 15.5. The second-order valence-electron chi connectivity index (χ2n) is 10.2. The number of likely N-dealkylation sites (N-methyl/N-ethyl adjacent to an activating group) is 2. The number of primary amides is 1. The maximum Gasteiger partial charge on any atom is 0.240 e. The van der Waals surface area contributed by atoms with Crippen molar-refractivity contribution in [2.24, 2.45) is 17.6 Å². The number of benzene rings is 1. The van der Waals surface area contributed by atoms with E-state index in [4.69, 9.17) is 15.7 Å². The third kappa shape index (κ3) is 7.62. The monoisotopic (exact) mass is 482 g/mol. The van der Waals surface area contributed by atoms with Crippen molar-refractivity contribution in [3.8, 4) is 0 Å². The van der Waals surface area contributed by atoms with Gasteiger partial charge in [0.1, 0.15) is 17.7 Å². The fraction of sp³-hybridized carbons (Fsp3) is 0.630. The van der Waals surface area contributed by atoms with E-state index >= 15 is 0 Å². The van der Waals surface area contributed by atoms with Gasteiger partial charge in [-0.25, -0.2) is 9.97 Å². The molecule has 0 unspecified atom stereocenters. The smallest absolute Gasteiger partial charge is 0.240 e. The summed E-state index contributed by atoms with van der Waals surface area (Å²) in [5, 5.41) is 4.11. The van der Waals surface area contributed by atoms with Crippen molar-refractivity contribution in [2.75, 3.05) is 32.0 Å². The first kappa shape index (κ1) is 26.9. The van der Waals surface area contributed by atoms with Crippen LogP contribution in [0.15, 0.2) is 24.3 Å². The predicted octanol–water partition coefficient (Wildman–Crippen LogP) is 3.80. The van der Waals surface area contributed by atoms with Crippen LogP contribution in [0.2, 0.25) is 0 Å². The van der Waals surface area contributed by atoms with E-state index in [1.54, 1.807) is 0 Å². The van der Waals surface area contributed by atoms with Crippen molar-refractivity contribution >= 4 is 28.5 Å². The molecule has 1 aromatic carbocycles. The molecular weight excluding hydrogens is 440 g/mol. The van der Waals surface area contributed by atoms with Crippen LogP contribution in [0.3, 0.4) is 0 Å². The average molecular weight is 483 g/mol. The summed E-state index contributed by atoms with van der Waals surface area (Å²) in [4.78, 5) is 38.4. The third-order valence-electron chi connectivity index (χ3n) is 7.00. The van der Waals surface area contributed by atoms with Gasteiger partial charge < -0.3 is 16.0 Å². The molecule has 192 valence electrons. The highest BCUT2D eigenvalue weighted by molar-refractivity contribution is 5.91. The number of fused-ring (bicyclic) bond motifs is 1. The van der Waals surface area contributed by atoms with E-state index in [0.717, 1.165) is 24.0 Å². The van der Waals surface area contributed by atoms with E-state index in [9.17, 15) is 9.59 Å². The predicted molar refractivity (Wildman–Crippen MR) is 141 cm³/mol. The van der Waals surface area contributed by atoms with Gasteiger partial charge in [0.15, 0.2) is 0 Å². The van der Waals surface area contributed by atoms with Crippen LogP contribution in [0.4, 0.5) is 5.82 Å². The van der Waals surface area contributed by atoms with E-state index in [2.05, 4.69) is 10.2 Å². The minimum Gasteiger partial charge on any atom is -0.368 e. The Morgan fingerprint density at radius 1 is 1.11 bits per heavy atom. The second kappa shape index (κ2) is 12.8. The number of carbonyl (C=O) groups is 2. The lowest BCUT2D eigenvalue weighted by molar-refractivity contribution is -0.132. The summed E-state index contributed by atoms with van der Waals surface area (Å²) in [7, 11) is 2.02. The number of nitrogens with zero attached hydrogens (tertiary/aromatic N) is 4. The van der Waals surface area contributed by atoms with Crippen LogP contribution in [0.25, 0.3) is 10.9 Å². The Bertz CT molecular complexity index is 989. The SMILES string of the molecule is CCN(CCN(C)Cc1nc(N[C@H](C(N)=O)C(C)C)c2ccccc2n1)C(=O)CC1CCCCC1. The number of aromatic nitrogens is 2. The van der Waals surface area contributed by atoms with Gasteiger partial charge in [-0.1, -0.05) is 45.2 Å². The van der Waals surface area contributed by atoms with E-state index in [-0.39, 0.29) is 11.8 Å². The minimum absolute atomic E-state index is 0.0264. The van der Waals surface area contributed by atoms with Gasteiger partial charge in [-0.2, -0.15) is 0 Å². The van der Waals surface area contributed by atoms with Gasteiger partial charge in [0.2, 0.25) is 11.8 Å². The number of hydrogen-bond donors (Lipinski definition) is 2. The summed E-state index contributed by atoms with van der Waals surface area (Å²) in [6.07, 6.45) is 6.87. The largest absolute Gasteiger partial charge is 0.368 e. The Morgan fingerprint density at radius 3 is 2.49 bits per heavy atom. The van der Waals surface area contributed by atoms with Gasteiger partial charge in [0, 0.05) is 31.4 Å². The van der Waals surface area contributed by atoms with Gasteiger partial charge in [-0.05, 0) is 50.8 Å². The number of nitrogens with one attached hydrogen (secondary N) is 1. The van der Waals surface area contributed by atoms with Crippen molar-refractivity contribution in [1.29, 1.82) is 0 Å². The lowest BCUT2D eigenvalue weighted by Gasteiger charge is -2.27. The summed E-state index contributed by atoms with van der Waals surface area (Å²) in [5.41, 5.74) is 6.45. The van der Waals surface area contributed by atoms with E-state index in [0.29, 0.717) is 37.1 Å².